The number of phosphoric ester groups is 1. The van der Waals surface area contributed by atoms with E-state index < -0.39 is 7.82 Å². The van der Waals surface area contributed by atoms with Crippen LogP contribution in [-0.4, -0.2) is 5.78 Å². The molecule has 3 aromatic carbocycles. The third-order valence-corrected chi connectivity index (χ3v) is 4.41. The van der Waals surface area contributed by atoms with E-state index in [1.165, 1.54) is 30.3 Å². The van der Waals surface area contributed by atoms with Crippen molar-refractivity contribution in [2.75, 3.05) is 0 Å². The number of hydrogen-bond donors (Lipinski definition) is 0. The van der Waals surface area contributed by atoms with Crippen LogP contribution in [0.25, 0.3) is 6.08 Å². The van der Waals surface area contributed by atoms with E-state index in [2.05, 4.69) is 0 Å². The Morgan fingerprint density at radius 2 is 1.29 bits per heavy atom. The summed E-state index contributed by atoms with van der Waals surface area (Å²) in [6, 6.07) is 23.3. The van der Waals surface area contributed by atoms with Crippen LogP contribution in [-0.2, 0) is 4.57 Å². The van der Waals surface area contributed by atoms with Crippen LogP contribution in [0, 0.1) is 0 Å². The van der Waals surface area contributed by atoms with Crippen LogP contribution in [0.4, 0.5) is 0 Å². The van der Waals surface area contributed by atoms with Crippen LogP contribution in [0.2, 0.25) is 0 Å². The van der Waals surface area contributed by atoms with Gasteiger partial charge in [0.05, 0.1) is 0 Å². The van der Waals surface area contributed by atoms with Crippen LogP contribution in [0.1, 0.15) is 15.9 Å². The van der Waals surface area contributed by atoms with Crippen LogP contribution < -0.4 is 43.5 Å². The first kappa shape index (κ1) is 22.2. The van der Waals surface area contributed by atoms with Gasteiger partial charge in [-0.05, 0) is 35.9 Å². The van der Waals surface area contributed by atoms with Gasteiger partial charge in [-0.15, -0.1) is 0 Å². The Bertz CT molecular complexity index is 973. The summed E-state index contributed by atoms with van der Waals surface area (Å²) in [4.78, 5) is 24.0. The predicted octanol–water partition coefficient (Wildman–Crippen LogP) is 1.51. The Morgan fingerprint density at radius 1 is 0.786 bits per heavy atom. The summed E-state index contributed by atoms with van der Waals surface area (Å²) in [6.07, 6.45) is 3.11. The van der Waals surface area contributed by atoms with Crippen molar-refractivity contribution in [3.05, 3.63) is 102 Å². The van der Waals surface area contributed by atoms with Gasteiger partial charge in [-0.2, -0.15) is 0 Å². The molecule has 0 spiro atoms. The molecule has 1 atom stereocenters. The first-order valence-corrected chi connectivity index (χ1v) is 9.61. The van der Waals surface area contributed by atoms with Crippen molar-refractivity contribution in [3.63, 3.8) is 0 Å². The molecule has 0 aliphatic carbocycles. The first-order valence-electron chi connectivity index (χ1n) is 8.15. The molecular formula is C21H16NaO5P. The molecule has 0 aromatic heterocycles. The van der Waals surface area contributed by atoms with Crippen molar-refractivity contribution in [1.29, 1.82) is 0 Å². The maximum absolute atomic E-state index is 12.0. The molecule has 0 N–H and O–H groups in total. The van der Waals surface area contributed by atoms with Gasteiger partial charge in [0.15, 0.2) is 5.78 Å². The molecule has 5 nitrogen and oxygen atoms in total. The monoisotopic (exact) mass is 402 g/mol. The van der Waals surface area contributed by atoms with Gasteiger partial charge in [0, 0.05) is 5.56 Å². The van der Waals surface area contributed by atoms with Gasteiger partial charge in [0.1, 0.15) is 11.5 Å². The van der Waals surface area contributed by atoms with Crippen LogP contribution in [0.3, 0.4) is 0 Å². The zero-order chi connectivity index (χ0) is 19.1. The molecule has 0 aliphatic rings. The average Bonchev–Trinajstić information content (AvgIpc) is 2.68. The third-order valence-electron chi connectivity index (χ3n) is 3.54. The number of rotatable bonds is 7. The summed E-state index contributed by atoms with van der Waals surface area (Å²) < 4.78 is 21.8. The van der Waals surface area contributed by atoms with E-state index in [4.69, 9.17) is 9.05 Å². The third kappa shape index (κ3) is 6.79. The minimum Gasteiger partial charge on any atom is -0.736 e. The van der Waals surface area contributed by atoms with Gasteiger partial charge >= 0.3 is 37.4 Å². The topological polar surface area (TPSA) is 75.7 Å². The molecule has 0 fully saturated rings. The quantitative estimate of drug-likeness (QED) is 0.259. The standard InChI is InChI=1S/C21H17O5P.Na/c22-21(18-7-3-1-4-8-18)16-13-17-11-14-20(15-12-17)26-27(23,24)25-19-9-5-2-6-10-19;/h1-16H,(H,23,24);/q;+1/p-1. The summed E-state index contributed by atoms with van der Waals surface area (Å²) in [5.41, 5.74) is 1.33. The van der Waals surface area contributed by atoms with E-state index in [1.807, 2.05) is 6.07 Å². The van der Waals surface area contributed by atoms with E-state index in [0.717, 1.165) is 5.56 Å². The maximum atomic E-state index is 12.0. The fourth-order valence-corrected chi connectivity index (χ4v) is 3.07. The zero-order valence-corrected chi connectivity index (χ0v) is 18.1. The summed E-state index contributed by atoms with van der Waals surface area (Å²) >= 11 is 0. The predicted molar refractivity (Wildman–Crippen MR) is 102 cm³/mol. The second kappa shape index (κ2) is 10.4. The molecule has 7 heteroatoms. The Hall–Kier alpha value is -2.14. The van der Waals surface area contributed by atoms with E-state index in [1.54, 1.807) is 60.7 Å². The summed E-state index contributed by atoms with van der Waals surface area (Å²) in [6.45, 7) is 0. The second-order valence-corrected chi connectivity index (χ2v) is 6.84. The van der Waals surface area contributed by atoms with Crippen LogP contribution in [0.15, 0.2) is 91.0 Å². The number of carbonyl (C=O) groups is 1. The minimum atomic E-state index is -4.54. The number of hydrogen-bond acceptors (Lipinski definition) is 5. The fourth-order valence-electron chi connectivity index (χ4n) is 2.27. The van der Waals surface area contributed by atoms with Crippen molar-refractivity contribution >= 4 is 19.7 Å². The van der Waals surface area contributed by atoms with E-state index in [-0.39, 0.29) is 46.8 Å². The summed E-state index contributed by atoms with van der Waals surface area (Å²) in [5, 5.41) is 0. The number of ketones is 1. The average molecular weight is 402 g/mol. The van der Waals surface area contributed by atoms with Crippen LogP contribution >= 0.6 is 7.82 Å². The molecule has 28 heavy (non-hydrogen) atoms. The summed E-state index contributed by atoms with van der Waals surface area (Å²) in [5.74, 6) is 0.182. The first-order chi connectivity index (χ1) is 13.0. The van der Waals surface area contributed by atoms with E-state index in [0.29, 0.717) is 5.56 Å². The minimum absolute atomic E-state index is 0. The van der Waals surface area contributed by atoms with Crippen molar-refractivity contribution in [3.8, 4) is 11.5 Å². The maximum Gasteiger partial charge on any atom is 1.00 e. The Labute approximate surface area is 185 Å². The van der Waals surface area contributed by atoms with Gasteiger partial charge in [0.25, 0.3) is 0 Å². The molecule has 0 bridgehead atoms. The number of allylic oxidation sites excluding steroid dienone is 1. The molecule has 0 aliphatic heterocycles. The molecule has 0 saturated heterocycles. The Balaban J connectivity index is 0.00000280. The molecule has 0 heterocycles. The molecule has 3 aromatic rings. The molecular weight excluding hydrogens is 386 g/mol. The smallest absolute Gasteiger partial charge is 0.736 e. The van der Waals surface area contributed by atoms with Gasteiger partial charge < -0.3 is 13.9 Å². The van der Waals surface area contributed by atoms with Crippen molar-refractivity contribution in [1.82, 2.24) is 0 Å². The number of phosphoric acid groups is 1. The normalized spacial score (nSPS) is 12.6. The molecule has 0 radical (unpaired) electrons. The SMILES string of the molecule is O=C(C=Cc1ccc(OP(=O)([O-])Oc2ccccc2)cc1)c1ccccc1.[Na+]. The molecule has 0 saturated carbocycles. The second-order valence-electron chi connectivity index (χ2n) is 5.58. The van der Waals surface area contributed by atoms with Gasteiger partial charge in [-0.25, -0.2) is 4.57 Å². The van der Waals surface area contributed by atoms with Crippen molar-refractivity contribution in [2.24, 2.45) is 0 Å². The number of benzene rings is 3. The van der Waals surface area contributed by atoms with E-state index >= 15 is 0 Å². The van der Waals surface area contributed by atoms with Gasteiger partial charge in [-0.1, -0.05) is 66.7 Å². The summed E-state index contributed by atoms with van der Waals surface area (Å²) in [7, 11) is -4.54. The van der Waals surface area contributed by atoms with Crippen molar-refractivity contribution < 1.29 is 52.9 Å². The molecule has 0 amide bonds. The number of carbonyl (C=O) groups excluding carboxylic acids is 1. The van der Waals surface area contributed by atoms with E-state index in [9.17, 15) is 14.3 Å². The molecule has 1 unspecified atom stereocenters. The van der Waals surface area contributed by atoms with Gasteiger partial charge in [0.2, 0.25) is 0 Å². The molecule has 3 rings (SSSR count). The van der Waals surface area contributed by atoms with Crippen molar-refractivity contribution in [2.45, 2.75) is 0 Å². The van der Waals surface area contributed by atoms with Gasteiger partial charge in [-0.3, -0.25) is 4.79 Å². The number of para-hydroxylation sites is 1. The van der Waals surface area contributed by atoms with Crippen LogP contribution in [0.5, 0.6) is 11.5 Å². The fraction of sp³-hybridized carbons (Fsp3) is 0. The Morgan fingerprint density at radius 3 is 1.86 bits per heavy atom. The zero-order valence-electron chi connectivity index (χ0n) is 15.2. The Kier molecular flexibility index (Phi) is 8.24. The molecule has 136 valence electrons. The largest absolute Gasteiger partial charge is 1.00 e.